The van der Waals surface area contributed by atoms with Crippen molar-refractivity contribution in [3.8, 4) is 0 Å². The number of aromatic nitrogens is 3. The van der Waals surface area contributed by atoms with Crippen LogP contribution in [0.15, 0.2) is 11.3 Å². The second kappa shape index (κ2) is 16.3. The predicted octanol–water partition coefficient (Wildman–Crippen LogP) is 2.53. The average Bonchev–Trinajstić information content (AvgIpc) is 3.06. The van der Waals surface area contributed by atoms with Crippen molar-refractivity contribution in [3.63, 3.8) is 0 Å². The first kappa shape index (κ1) is 25.1. The second-order valence-corrected chi connectivity index (χ2v) is 6.18. The SMILES string of the molecule is CCCN(CCC)CCCN=C(NCC)NCCn1cnnc1CC.I. The molecular formula is C18H38IN7. The standard InChI is InChI=1S/C18H37N7.HI/c1-5-12-24(13-6-2)14-9-10-20-18(19-8-4)21-11-15-25-16-22-23-17(25)7-3;/h16H,5-15H2,1-4H3,(H2,19,20,21);1H. The first-order chi connectivity index (χ1) is 12.2. The fourth-order valence-electron chi connectivity index (χ4n) is 2.83. The Morgan fingerprint density at radius 3 is 2.46 bits per heavy atom. The summed E-state index contributed by atoms with van der Waals surface area (Å²) in [5.41, 5.74) is 0. The van der Waals surface area contributed by atoms with Gasteiger partial charge >= 0.3 is 0 Å². The lowest BCUT2D eigenvalue weighted by Gasteiger charge is -2.20. The third-order valence-corrected chi connectivity index (χ3v) is 3.98. The largest absolute Gasteiger partial charge is 0.357 e. The number of nitrogens with one attached hydrogen (secondary N) is 2. The zero-order valence-corrected chi connectivity index (χ0v) is 19.3. The maximum atomic E-state index is 4.69. The zero-order chi connectivity index (χ0) is 18.3. The third-order valence-electron chi connectivity index (χ3n) is 3.98. The van der Waals surface area contributed by atoms with E-state index in [0.29, 0.717) is 0 Å². The lowest BCUT2D eigenvalue weighted by Crippen LogP contribution is -2.39. The Kier molecular flexibility index (Phi) is 15.7. The molecule has 0 radical (unpaired) electrons. The second-order valence-electron chi connectivity index (χ2n) is 6.18. The van der Waals surface area contributed by atoms with Crippen molar-refractivity contribution in [3.05, 3.63) is 12.2 Å². The van der Waals surface area contributed by atoms with Gasteiger partial charge in [-0.1, -0.05) is 20.8 Å². The molecule has 0 amide bonds. The van der Waals surface area contributed by atoms with Gasteiger partial charge in [-0.2, -0.15) is 0 Å². The van der Waals surface area contributed by atoms with Gasteiger partial charge in [-0.25, -0.2) is 0 Å². The minimum atomic E-state index is 0. The maximum absolute atomic E-state index is 4.69. The van der Waals surface area contributed by atoms with Crippen LogP contribution in [0.5, 0.6) is 0 Å². The molecule has 0 saturated heterocycles. The molecule has 8 heteroatoms. The van der Waals surface area contributed by atoms with Crippen LogP contribution >= 0.6 is 24.0 Å². The van der Waals surface area contributed by atoms with E-state index in [4.69, 9.17) is 4.99 Å². The summed E-state index contributed by atoms with van der Waals surface area (Å²) >= 11 is 0. The summed E-state index contributed by atoms with van der Waals surface area (Å²) in [5.74, 6) is 1.92. The van der Waals surface area contributed by atoms with Crippen molar-refractivity contribution in [1.82, 2.24) is 30.3 Å². The van der Waals surface area contributed by atoms with Crippen molar-refractivity contribution in [1.29, 1.82) is 0 Å². The Labute approximate surface area is 176 Å². The lowest BCUT2D eigenvalue weighted by molar-refractivity contribution is 0.273. The van der Waals surface area contributed by atoms with Crippen LogP contribution in [-0.4, -0.2) is 64.9 Å². The third kappa shape index (κ3) is 10.3. The highest BCUT2D eigenvalue weighted by atomic mass is 127. The van der Waals surface area contributed by atoms with Gasteiger partial charge in [0, 0.05) is 32.6 Å². The van der Waals surface area contributed by atoms with E-state index in [1.54, 1.807) is 6.33 Å². The van der Waals surface area contributed by atoms with Gasteiger partial charge in [-0.05, 0) is 45.8 Å². The zero-order valence-electron chi connectivity index (χ0n) is 17.0. The summed E-state index contributed by atoms with van der Waals surface area (Å²) < 4.78 is 2.09. The van der Waals surface area contributed by atoms with Gasteiger partial charge in [0.15, 0.2) is 5.96 Å². The van der Waals surface area contributed by atoms with Crippen molar-refractivity contribution in [2.75, 3.05) is 39.3 Å². The molecular weight excluding hydrogens is 441 g/mol. The molecule has 0 fully saturated rings. The molecule has 0 bridgehead atoms. The number of rotatable bonds is 13. The van der Waals surface area contributed by atoms with E-state index < -0.39 is 0 Å². The Hall–Kier alpha value is -0.900. The van der Waals surface area contributed by atoms with Crippen molar-refractivity contribution in [2.24, 2.45) is 4.99 Å². The maximum Gasteiger partial charge on any atom is 0.191 e. The molecule has 7 nitrogen and oxygen atoms in total. The normalized spacial score (nSPS) is 11.5. The first-order valence-electron chi connectivity index (χ1n) is 9.86. The van der Waals surface area contributed by atoms with Gasteiger partial charge < -0.3 is 20.1 Å². The molecule has 1 aromatic heterocycles. The van der Waals surface area contributed by atoms with Crippen molar-refractivity contribution < 1.29 is 0 Å². The van der Waals surface area contributed by atoms with E-state index in [9.17, 15) is 0 Å². The highest BCUT2D eigenvalue weighted by Crippen LogP contribution is 1.97. The Morgan fingerprint density at radius 1 is 1.12 bits per heavy atom. The van der Waals surface area contributed by atoms with Gasteiger partial charge in [0.2, 0.25) is 0 Å². The van der Waals surface area contributed by atoms with E-state index in [1.165, 1.54) is 25.9 Å². The molecule has 26 heavy (non-hydrogen) atoms. The van der Waals surface area contributed by atoms with Crippen molar-refractivity contribution >= 4 is 29.9 Å². The van der Waals surface area contributed by atoms with Gasteiger partial charge in [0.05, 0.1) is 0 Å². The number of aryl methyl sites for hydroxylation is 1. The molecule has 1 rings (SSSR count). The summed E-state index contributed by atoms with van der Waals surface area (Å²) in [5, 5.41) is 14.8. The molecule has 1 heterocycles. The molecule has 2 N–H and O–H groups in total. The van der Waals surface area contributed by atoms with E-state index >= 15 is 0 Å². The first-order valence-corrected chi connectivity index (χ1v) is 9.86. The van der Waals surface area contributed by atoms with Crippen LogP contribution in [0.4, 0.5) is 0 Å². The fraction of sp³-hybridized carbons (Fsp3) is 0.833. The van der Waals surface area contributed by atoms with Crippen LogP contribution in [0.2, 0.25) is 0 Å². The van der Waals surface area contributed by atoms with Crippen molar-refractivity contribution in [2.45, 2.75) is 59.9 Å². The summed E-state index contributed by atoms with van der Waals surface area (Å²) in [4.78, 5) is 7.23. The highest BCUT2D eigenvalue weighted by Gasteiger charge is 2.03. The average molecular weight is 479 g/mol. The van der Waals surface area contributed by atoms with Gasteiger partial charge in [0.1, 0.15) is 12.2 Å². The molecule has 0 aliphatic heterocycles. The molecule has 1 aromatic rings. The summed E-state index contributed by atoms with van der Waals surface area (Å²) in [6.45, 7) is 15.6. The fourth-order valence-corrected chi connectivity index (χ4v) is 2.83. The van der Waals surface area contributed by atoms with Crippen LogP contribution in [-0.2, 0) is 13.0 Å². The molecule has 0 aromatic carbocycles. The minimum absolute atomic E-state index is 0. The highest BCUT2D eigenvalue weighted by molar-refractivity contribution is 14.0. The van der Waals surface area contributed by atoms with E-state index in [2.05, 4.69) is 58.0 Å². The van der Waals surface area contributed by atoms with Crippen LogP contribution in [0.1, 0.15) is 52.8 Å². The van der Waals surface area contributed by atoms with Gasteiger partial charge in [0.25, 0.3) is 0 Å². The Bertz CT molecular complexity index is 470. The Morgan fingerprint density at radius 2 is 1.85 bits per heavy atom. The molecule has 0 atom stereocenters. The number of nitrogens with zero attached hydrogens (tertiary/aromatic N) is 5. The smallest absolute Gasteiger partial charge is 0.191 e. The van der Waals surface area contributed by atoms with Gasteiger partial charge in [-0.15, -0.1) is 34.2 Å². The number of hydrogen-bond donors (Lipinski definition) is 2. The molecule has 0 aliphatic carbocycles. The van der Waals surface area contributed by atoms with Gasteiger partial charge in [-0.3, -0.25) is 4.99 Å². The summed E-state index contributed by atoms with van der Waals surface area (Å²) in [7, 11) is 0. The molecule has 0 saturated carbocycles. The van der Waals surface area contributed by atoms with E-state index in [0.717, 1.165) is 57.3 Å². The lowest BCUT2D eigenvalue weighted by atomic mass is 10.3. The molecule has 0 unspecified atom stereocenters. The number of halogens is 1. The quantitative estimate of drug-likeness (QED) is 0.197. The number of guanidine groups is 1. The topological polar surface area (TPSA) is 70.4 Å². The molecule has 0 aliphatic rings. The molecule has 0 spiro atoms. The van der Waals surface area contributed by atoms with E-state index in [-0.39, 0.29) is 24.0 Å². The van der Waals surface area contributed by atoms with Crippen LogP contribution < -0.4 is 10.6 Å². The number of aliphatic imine (C=N–C) groups is 1. The summed E-state index contributed by atoms with van der Waals surface area (Å²) in [6, 6.07) is 0. The summed E-state index contributed by atoms with van der Waals surface area (Å²) in [6.07, 6.45) is 6.23. The van der Waals surface area contributed by atoms with Crippen LogP contribution in [0, 0.1) is 0 Å². The van der Waals surface area contributed by atoms with Crippen LogP contribution in [0.25, 0.3) is 0 Å². The predicted molar refractivity (Wildman–Crippen MR) is 120 cm³/mol. The molecule has 152 valence electrons. The monoisotopic (exact) mass is 479 g/mol. The van der Waals surface area contributed by atoms with E-state index in [1.807, 2.05) is 0 Å². The minimum Gasteiger partial charge on any atom is -0.357 e. The Balaban J connectivity index is 0.00000625. The van der Waals surface area contributed by atoms with Crippen LogP contribution in [0.3, 0.4) is 0 Å². The number of hydrogen-bond acceptors (Lipinski definition) is 4.